The van der Waals surface area contributed by atoms with Crippen LogP contribution in [0.3, 0.4) is 0 Å². The van der Waals surface area contributed by atoms with Crippen LogP contribution in [0.4, 0.5) is 0 Å². The lowest BCUT2D eigenvalue weighted by Crippen LogP contribution is -2.24. The summed E-state index contributed by atoms with van der Waals surface area (Å²) in [6.45, 7) is 0. The minimum Gasteiger partial charge on any atom is -0.296 e. The van der Waals surface area contributed by atoms with Crippen LogP contribution in [0.15, 0.2) is 6.07 Å². The van der Waals surface area contributed by atoms with Crippen LogP contribution in [0.5, 0.6) is 0 Å². The highest BCUT2D eigenvalue weighted by molar-refractivity contribution is 7.91. The molecule has 0 spiro atoms. The fourth-order valence-electron chi connectivity index (χ4n) is 2.07. The highest BCUT2D eigenvalue weighted by Gasteiger charge is 2.27. The van der Waals surface area contributed by atoms with Crippen molar-refractivity contribution in [2.45, 2.75) is 18.8 Å². The normalized spacial score (nSPS) is 24.2. The Labute approximate surface area is 94.4 Å². The quantitative estimate of drug-likeness (QED) is 0.709. The summed E-state index contributed by atoms with van der Waals surface area (Å²) in [6, 6.07) is 1.68. The van der Waals surface area contributed by atoms with E-state index in [1.54, 1.807) is 13.1 Å². The Bertz CT molecular complexity index is 504. The Morgan fingerprint density at radius 2 is 2.31 bits per heavy atom. The van der Waals surface area contributed by atoms with E-state index in [0.717, 1.165) is 12.7 Å². The average Bonchev–Trinajstić information content (AvgIpc) is 2.58. The van der Waals surface area contributed by atoms with Crippen molar-refractivity contribution >= 4 is 16.1 Å². The van der Waals surface area contributed by atoms with E-state index in [9.17, 15) is 13.2 Å². The lowest BCUT2D eigenvalue weighted by molar-refractivity contribution is 0.111. The molecule has 0 N–H and O–H groups in total. The van der Waals surface area contributed by atoms with Crippen LogP contribution in [0.2, 0.25) is 0 Å². The number of nitrogens with zero attached hydrogens (tertiary/aromatic N) is 2. The number of carbonyl (C=O) groups excluding carboxylic acids is 1. The van der Waals surface area contributed by atoms with Gasteiger partial charge in [0.25, 0.3) is 0 Å². The van der Waals surface area contributed by atoms with Crippen LogP contribution in [-0.4, -0.2) is 36.0 Å². The SMILES string of the molecule is Cn1nc(C2CCCS(=O)(=O)C2)cc1C=O. The molecule has 1 unspecified atom stereocenters. The molecule has 0 bridgehead atoms. The van der Waals surface area contributed by atoms with Crippen molar-refractivity contribution in [1.82, 2.24) is 9.78 Å². The van der Waals surface area contributed by atoms with Gasteiger partial charge in [-0.2, -0.15) is 5.10 Å². The second-order valence-corrected chi connectivity index (χ2v) is 6.42. The van der Waals surface area contributed by atoms with Gasteiger partial charge in [0.2, 0.25) is 0 Å². The van der Waals surface area contributed by atoms with Gasteiger partial charge in [-0.15, -0.1) is 0 Å². The highest BCUT2D eigenvalue weighted by Crippen LogP contribution is 2.27. The van der Waals surface area contributed by atoms with Crippen molar-refractivity contribution in [3.05, 3.63) is 17.5 Å². The first kappa shape index (κ1) is 11.3. The predicted molar refractivity (Wildman–Crippen MR) is 59.2 cm³/mol. The van der Waals surface area contributed by atoms with Gasteiger partial charge < -0.3 is 0 Å². The van der Waals surface area contributed by atoms with E-state index in [4.69, 9.17) is 0 Å². The van der Waals surface area contributed by atoms with Gasteiger partial charge in [0.15, 0.2) is 16.1 Å². The van der Waals surface area contributed by atoms with Crippen LogP contribution < -0.4 is 0 Å². The van der Waals surface area contributed by atoms with Gasteiger partial charge in [0.1, 0.15) is 5.69 Å². The molecular weight excluding hydrogens is 228 g/mol. The molecule has 1 atom stereocenters. The molecule has 0 aliphatic carbocycles. The first-order valence-electron chi connectivity index (χ1n) is 5.21. The molecule has 1 saturated heterocycles. The summed E-state index contributed by atoms with van der Waals surface area (Å²) in [5.41, 5.74) is 1.20. The van der Waals surface area contributed by atoms with Crippen molar-refractivity contribution in [3.63, 3.8) is 0 Å². The summed E-state index contributed by atoms with van der Waals surface area (Å²) in [6.07, 6.45) is 2.24. The Morgan fingerprint density at radius 1 is 1.56 bits per heavy atom. The fourth-order valence-corrected chi connectivity index (χ4v) is 3.79. The topological polar surface area (TPSA) is 69.0 Å². The smallest absolute Gasteiger partial charge is 0.168 e. The summed E-state index contributed by atoms with van der Waals surface area (Å²) >= 11 is 0. The first-order valence-corrected chi connectivity index (χ1v) is 7.03. The molecule has 88 valence electrons. The zero-order valence-electron chi connectivity index (χ0n) is 9.09. The van der Waals surface area contributed by atoms with Crippen LogP contribution >= 0.6 is 0 Å². The molecule has 1 aromatic heterocycles. The zero-order chi connectivity index (χ0) is 11.8. The van der Waals surface area contributed by atoms with E-state index < -0.39 is 9.84 Å². The molecule has 0 radical (unpaired) electrons. The number of sulfone groups is 1. The molecule has 1 fully saturated rings. The van der Waals surface area contributed by atoms with E-state index in [2.05, 4.69) is 5.10 Å². The van der Waals surface area contributed by atoms with Crippen molar-refractivity contribution in [1.29, 1.82) is 0 Å². The van der Waals surface area contributed by atoms with Gasteiger partial charge in [0.05, 0.1) is 17.2 Å². The minimum atomic E-state index is -2.93. The van der Waals surface area contributed by atoms with Gasteiger partial charge in [-0.3, -0.25) is 9.48 Å². The predicted octanol–water partition coefficient (Wildman–Crippen LogP) is 0.525. The molecule has 16 heavy (non-hydrogen) atoms. The molecule has 1 aliphatic heterocycles. The lowest BCUT2D eigenvalue weighted by Gasteiger charge is -2.19. The summed E-state index contributed by atoms with van der Waals surface area (Å²) in [5.74, 6) is 0.373. The molecule has 5 nitrogen and oxygen atoms in total. The van der Waals surface area contributed by atoms with Gasteiger partial charge in [-0.1, -0.05) is 0 Å². The number of hydrogen-bond acceptors (Lipinski definition) is 4. The number of carbonyl (C=O) groups is 1. The maximum atomic E-state index is 11.5. The molecule has 6 heteroatoms. The molecular formula is C10H14N2O3S. The number of hydrogen-bond donors (Lipinski definition) is 0. The molecule has 0 amide bonds. The maximum absolute atomic E-state index is 11.5. The Hall–Kier alpha value is -1.17. The molecule has 2 heterocycles. The van der Waals surface area contributed by atoms with Gasteiger partial charge in [-0.25, -0.2) is 8.42 Å². The number of aryl methyl sites for hydroxylation is 1. The first-order chi connectivity index (χ1) is 7.52. The van der Waals surface area contributed by atoms with Crippen LogP contribution in [0, 0.1) is 0 Å². The standard InChI is InChI=1S/C10H14N2O3S/c1-12-9(6-13)5-10(11-12)8-3-2-4-16(14,15)7-8/h5-6,8H,2-4,7H2,1H3. The molecule has 1 aromatic rings. The lowest BCUT2D eigenvalue weighted by atomic mass is 10.0. The second kappa shape index (κ2) is 4.01. The summed E-state index contributed by atoms with van der Waals surface area (Å²) in [5, 5.41) is 4.19. The van der Waals surface area contributed by atoms with E-state index in [1.807, 2.05) is 0 Å². The van der Waals surface area contributed by atoms with Gasteiger partial charge in [-0.05, 0) is 18.9 Å². The summed E-state index contributed by atoms with van der Waals surface area (Å²) in [4.78, 5) is 10.7. The minimum absolute atomic E-state index is 0.0568. The summed E-state index contributed by atoms with van der Waals surface area (Å²) < 4.78 is 24.5. The van der Waals surface area contributed by atoms with E-state index in [0.29, 0.717) is 17.8 Å². The van der Waals surface area contributed by atoms with Crippen molar-refractivity contribution in [2.75, 3.05) is 11.5 Å². The Morgan fingerprint density at radius 3 is 2.88 bits per heavy atom. The summed E-state index contributed by atoms with van der Waals surface area (Å²) in [7, 11) is -1.24. The van der Waals surface area contributed by atoms with Crippen LogP contribution in [0.1, 0.15) is 34.9 Å². The van der Waals surface area contributed by atoms with Gasteiger partial charge in [0, 0.05) is 13.0 Å². The van der Waals surface area contributed by atoms with E-state index in [-0.39, 0.29) is 17.4 Å². The van der Waals surface area contributed by atoms with Gasteiger partial charge >= 0.3 is 0 Å². The molecule has 0 saturated carbocycles. The third-order valence-electron chi connectivity index (χ3n) is 2.94. The largest absolute Gasteiger partial charge is 0.296 e. The second-order valence-electron chi connectivity index (χ2n) is 4.19. The van der Waals surface area contributed by atoms with E-state index in [1.165, 1.54) is 4.68 Å². The van der Waals surface area contributed by atoms with Crippen molar-refractivity contribution < 1.29 is 13.2 Å². The average molecular weight is 242 g/mol. The third kappa shape index (κ3) is 2.16. The molecule has 2 rings (SSSR count). The van der Waals surface area contributed by atoms with Crippen molar-refractivity contribution in [3.8, 4) is 0 Å². The fraction of sp³-hybridized carbons (Fsp3) is 0.600. The molecule has 0 aromatic carbocycles. The van der Waals surface area contributed by atoms with E-state index >= 15 is 0 Å². The highest BCUT2D eigenvalue weighted by atomic mass is 32.2. The molecule has 1 aliphatic rings. The third-order valence-corrected chi connectivity index (χ3v) is 4.76. The van der Waals surface area contributed by atoms with Crippen molar-refractivity contribution in [2.24, 2.45) is 7.05 Å². The monoisotopic (exact) mass is 242 g/mol. The maximum Gasteiger partial charge on any atom is 0.168 e. The number of aromatic nitrogens is 2. The van der Waals surface area contributed by atoms with Crippen LogP contribution in [0.25, 0.3) is 0 Å². The number of rotatable bonds is 2. The zero-order valence-corrected chi connectivity index (χ0v) is 9.90. The Kier molecular flexibility index (Phi) is 2.84. The number of aldehydes is 1. The Balaban J connectivity index is 2.27. The van der Waals surface area contributed by atoms with Crippen LogP contribution in [-0.2, 0) is 16.9 Å².